The molecule has 0 bridgehead atoms. The molecule has 0 aliphatic heterocycles. The van der Waals surface area contributed by atoms with Crippen LogP contribution in [0.3, 0.4) is 0 Å². The lowest BCUT2D eigenvalue weighted by atomic mass is 9.88. The fraction of sp³-hybridized carbons (Fsp3) is 0.364. The minimum atomic E-state index is -3.66. The molecular weight excluding hydrogens is 278 g/mol. The van der Waals surface area contributed by atoms with E-state index in [1.54, 1.807) is 6.92 Å². The first-order valence-corrected chi connectivity index (χ1v) is 7.46. The number of aliphatic carboxylic acids is 1. The zero-order chi connectivity index (χ0) is 14.0. The summed E-state index contributed by atoms with van der Waals surface area (Å²) < 4.78 is 24.9. The molecule has 1 atom stereocenters. The van der Waals surface area contributed by atoms with E-state index >= 15 is 0 Å². The average Bonchev–Trinajstić information content (AvgIpc) is 2.25. The summed E-state index contributed by atoms with van der Waals surface area (Å²) in [6.07, 6.45) is 1.01. The third-order valence-electron chi connectivity index (χ3n) is 2.59. The van der Waals surface area contributed by atoms with E-state index in [4.69, 9.17) is 11.6 Å². The number of carboxylic acid groups (broad SMARTS) is 1. The third kappa shape index (κ3) is 3.22. The molecular formula is C11H14ClNO4S. The molecule has 0 fully saturated rings. The van der Waals surface area contributed by atoms with Crippen LogP contribution in [-0.4, -0.2) is 25.7 Å². The maximum Gasteiger partial charge on any atom is 0.329 e. The molecule has 1 rings (SSSR count). The van der Waals surface area contributed by atoms with E-state index in [1.165, 1.54) is 24.3 Å². The predicted molar refractivity (Wildman–Crippen MR) is 69.0 cm³/mol. The number of sulfonamides is 1. The number of hydrogen-bond donors (Lipinski definition) is 2. The van der Waals surface area contributed by atoms with Gasteiger partial charge in [0.15, 0.2) is 5.54 Å². The maximum absolute atomic E-state index is 11.5. The van der Waals surface area contributed by atoms with Crippen molar-refractivity contribution in [3.8, 4) is 0 Å². The molecule has 1 unspecified atom stereocenters. The third-order valence-corrected chi connectivity index (χ3v) is 3.56. The maximum atomic E-state index is 11.5. The van der Waals surface area contributed by atoms with Crippen molar-refractivity contribution in [2.45, 2.75) is 18.9 Å². The van der Waals surface area contributed by atoms with Crippen LogP contribution in [-0.2, 0) is 20.4 Å². The van der Waals surface area contributed by atoms with Crippen LogP contribution in [0.5, 0.6) is 0 Å². The molecule has 7 heteroatoms. The van der Waals surface area contributed by atoms with Gasteiger partial charge < -0.3 is 5.11 Å². The minimum Gasteiger partial charge on any atom is -0.480 e. The van der Waals surface area contributed by atoms with Crippen molar-refractivity contribution in [2.24, 2.45) is 0 Å². The van der Waals surface area contributed by atoms with Gasteiger partial charge in [-0.1, -0.05) is 30.7 Å². The van der Waals surface area contributed by atoms with Crippen molar-refractivity contribution >= 4 is 27.6 Å². The average molecular weight is 292 g/mol. The molecule has 0 amide bonds. The first kappa shape index (κ1) is 14.9. The normalized spacial score (nSPS) is 15.1. The zero-order valence-corrected chi connectivity index (χ0v) is 11.5. The van der Waals surface area contributed by atoms with Crippen molar-refractivity contribution in [2.75, 3.05) is 6.26 Å². The highest BCUT2D eigenvalue weighted by Gasteiger charge is 2.41. The summed E-state index contributed by atoms with van der Waals surface area (Å²) in [6, 6.07) is 6.04. The summed E-state index contributed by atoms with van der Waals surface area (Å²) in [5.74, 6) is -1.25. The first-order chi connectivity index (χ1) is 8.21. The van der Waals surface area contributed by atoms with Crippen molar-refractivity contribution < 1.29 is 18.3 Å². The molecule has 0 heterocycles. The molecule has 0 saturated heterocycles. The molecule has 2 N–H and O–H groups in total. The summed E-state index contributed by atoms with van der Waals surface area (Å²) in [6.45, 7) is 1.60. The molecule has 0 aliphatic rings. The standard InChI is InChI=1S/C11H14ClNO4S/c1-3-11(10(14)15,13-18(2,16)17)8-4-6-9(12)7-5-8/h4-7,13H,3H2,1-2H3,(H,14,15). The summed E-state index contributed by atoms with van der Waals surface area (Å²) >= 11 is 5.73. The molecule has 0 radical (unpaired) electrons. The van der Waals surface area contributed by atoms with Crippen molar-refractivity contribution in [1.82, 2.24) is 4.72 Å². The lowest BCUT2D eigenvalue weighted by Gasteiger charge is -2.28. The van der Waals surface area contributed by atoms with Crippen LogP contribution in [0.15, 0.2) is 24.3 Å². The van der Waals surface area contributed by atoms with Gasteiger partial charge in [-0.3, -0.25) is 0 Å². The van der Waals surface area contributed by atoms with Crippen molar-refractivity contribution in [3.05, 3.63) is 34.9 Å². The number of halogens is 1. The second-order valence-corrected chi connectivity index (χ2v) is 6.13. The molecule has 0 aliphatic carbocycles. The van der Waals surface area contributed by atoms with E-state index < -0.39 is 21.5 Å². The Bertz CT molecular complexity index is 541. The molecule has 5 nitrogen and oxygen atoms in total. The molecule has 1 aromatic rings. The van der Waals surface area contributed by atoms with Crippen LogP contribution in [0.1, 0.15) is 18.9 Å². The highest BCUT2D eigenvalue weighted by molar-refractivity contribution is 7.88. The van der Waals surface area contributed by atoms with Crippen LogP contribution >= 0.6 is 11.6 Å². The predicted octanol–water partition coefficient (Wildman–Crippen LogP) is 1.58. The molecule has 0 spiro atoms. The highest BCUT2D eigenvalue weighted by Crippen LogP contribution is 2.27. The minimum absolute atomic E-state index is 0.0804. The first-order valence-electron chi connectivity index (χ1n) is 5.19. The van der Waals surface area contributed by atoms with Crippen molar-refractivity contribution in [1.29, 1.82) is 0 Å². The molecule has 18 heavy (non-hydrogen) atoms. The van der Waals surface area contributed by atoms with Gasteiger partial charge in [0.25, 0.3) is 0 Å². The van der Waals surface area contributed by atoms with Gasteiger partial charge >= 0.3 is 5.97 Å². The van der Waals surface area contributed by atoms with Gasteiger partial charge in [-0.05, 0) is 24.1 Å². The molecule has 0 saturated carbocycles. The zero-order valence-electron chi connectivity index (χ0n) is 9.97. The van der Waals surface area contributed by atoms with E-state index in [1.807, 2.05) is 0 Å². The van der Waals surface area contributed by atoms with Gasteiger partial charge in [0.2, 0.25) is 10.0 Å². The Hall–Kier alpha value is -1.11. The van der Waals surface area contributed by atoms with E-state index in [-0.39, 0.29) is 6.42 Å². The highest BCUT2D eigenvalue weighted by atomic mass is 35.5. The molecule has 100 valence electrons. The fourth-order valence-electron chi connectivity index (χ4n) is 1.70. The number of hydrogen-bond acceptors (Lipinski definition) is 3. The largest absolute Gasteiger partial charge is 0.480 e. The van der Waals surface area contributed by atoms with Gasteiger partial charge in [-0.25, -0.2) is 13.2 Å². The van der Waals surface area contributed by atoms with E-state index in [0.29, 0.717) is 10.6 Å². The number of nitrogens with one attached hydrogen (secondary N) is 1. The Morgan fingerprint density at radius 2 is 1.89 bits per heavy atom. The molecule has 1 aromatic carbocycles. The van der Waals surface area contributed by atoms with Crippen molar-refractivity contribution in [3.63, 3.8) is 0 Å². The van der Waals surface area contributed by atoms with Crippen LogP contribution in [0.2, 0.25) is 5.02 Å². The quantitative estimate of drug-likeness (QED) is 0.863. The number of benzene rings is 1. The Morgan fingerprint density at radius 1 is 1.39 bits per heavy atom. The lowest BCUT2D eigenvalue weighted by Crippen LogP contribution is -2.51. The van der Waals surface area contributed by atoms with Crippen LogP contribution in [0.25, 0.3) is 0 Å². The van der Waals surface area contributed by atoms with Gasteiger partial charge in [0, 0.05) is 5.02 Å². The smallest absolute Gasteiger partial charge is 0.329 e. The van der Waals surface area contributed by atoms with Gasteiger partial charge in [-0.2, -0.15) is 4.72 Å². The Balaban J connectivity index is 3.36. The molecule has 0 aromatic heterocycles. The Morgan fingerprint density at radius 3 is 2.22 bits per heavy atom. The summed E-state index contributed by atoms with van der Waals surface area (Å²) in [7, 11) is -3.66. The van der Waals surface area contributed by atoms with E-state index in [9.17, 15) is 18.3 Å². The summed E-state index contributed by atoms with van der Waals surface area (Å²) in [5, 5.41) is 9.80. The van der Waals surface area contributed by atoms with Crippen LogP contribution < -0.4 is 4.72 Å². The van der Waals surface area contributed by atoms with E-state index in [2.05, 4.69) is 4.72 Å². The monoisotopic (exact) mass is 291 g/mol. The van der Waals surface area contributed by atoms with Crippen LogP contribution in [0.4, 0.5) is 0 Å². The second kappa shape index (κ2) is 5.26. The summed E-state index contributed by atoms with van der Waals surface area (Å²) in [4.78, 5) is 11.5. The number of rotatable bonds is 5. The van der Waals surface area contributed by atoms with Gasteiger partial charge in [0.05, 0.1) is 6.26 Å². The topological polar surface area (TPSA) is 83.5 Å². The second-order valence-electron chi connectivity index (χ2n) is 3.95. The van der Waals surface area contributed by atoms with Gasteiger partial charge in [0.1, 0.15) is 0 Å². The van der Waals surface area contributed by atoms with Crippen LogP contribution in [0, 0.1) is 0 Å². The number of carbonyl (C=O) groups is 1. The van der Waals surface area contributed by atoms with E-state index in [0.717, 1.165) is 6.26 Å². The SMILES string of the molecule is CCC(NS(C)(=O)=O)(C(=O)O)c1ccc(Cl)cc1. The fourth-order valence-corrected chi connectivity index (χ4v) is 2.81. The Kier molecular flexibility index (Phi) is 4.37. The summed E-state index contributed by atoms with van der Waals surface area (Å²) in [5.41, 5.74) is -1.33. The lowest BCUT2D eigenvalue weighted by molar-refractivity contribution is -0.144. The Labute approximate surface area is 111 Å². The number of carboxylic acids is 1. The van der Waals surface area contributed by atoms with Gasteiger partial charge in [-0.15, -0.1) is 0 Å².